The van der Waals surface area contributed by atoms with Crippen LogP contribution in [0, 0.1) is 12.5 Å². The van der Waals surface area contributed by atoms with E-state index in [1.165, 1.54) is 87.8 Å². The zero-order chi connectivity index (χ0) is 27.8. The van der Waals surface area contributed by atoms with Crippen LogP contribution in [0.1, 0.15) is 120 Å². The van der Waals surface area contributed by atoms with Crippen LogP contribution in [0.5, 0.6) is 0 Å². The molecule has 0 unspecified atom stereocenters. The quantitative estimate of drug-likeness (QED) is 0.317. The van der Waals surface area contributed by atoms with Gasteiger partial charge in [-0.15, -0.1) is 18.9 Å². The summed E-state index contributed by atoms with van der Waals surface area (Å²) in [6.45, 7) is 13.9. The van der Waals surface area contributed by atoms with Crippen molar-refractivity contribution in [2.75, 3.05) is 0 Å². The second-order valence-corrected chi connectivity index (χ2v) is 14.9. The van der Waals surface area contributed by atoms with E-state index in [4.69, 9.17) is 0 Å². The number of rotatable bonds is 0. The molecule has 41 heavy (non-hydrogen) atoms. The average molecular weight is 663 g/mol. The third-order valence-corrected chi connectivity index (χ3v) is 10.4. The Bertz CT molecular complexity index is 1310. The van der Waals surface area contributed by atoms with Gasteiger partial charge < -0.3 is 24.8 Å². The van der Waals surface area contributed by atoms with Crippen LogP contribution in [0.25, 0.3) is 22.3 Å². The molecule has 216 valence electrons. The summed E-state index contributed by atoms with van der Waals surface area (Å²) in [5, 5.41) is 0. The van der Waals surface area contributed by atoms with Gasteiger partial charge in [-0.3, -0.25) is 6.08 Å². The van der Waals surface area contributed by atoms with E-state index in [1.54, 1.807) is 27.4 Å². The maximum absolute atomic E-state index is 2.99. The molecule has 0 atom stereocenters. The summed E-state index contributed by atoms with van der Waals surface area (Å²) >= 11 is 1.69. The molecule has 1 saturated carbocycles. The number of fused-ring (bicyclic) bond motifs is 5. The molecule has 0 aromatic heterocycles. The molecule has 0 radical (unpaired) electrons. The van der Waals surface area contributed by atoms with Gasteiger partial charge in [0.1, 0.15) is 0 Å². The zero-order valence-corrected chi connectivity index (χ0v) is 29.7. The summed E-state index contributed by atoms with van der Waals surface area (Å²) < 4.78 is 1.80. The first-order valence-electron chi connectivity index (χ1n) is 14.9. The van der Waals surface area contributed by atoms with E-state index in [9.17, 15) is 0 Å². The first-order chi connectivity index (χ1) is 18.6. The van der Waals surface area contributed by atoms with E-state index < -0.39 is 0 Å². The molecule has 0 N–H and O–H groups in total. The Balaban J connectivity index is 0.000000275. The van der Waals surface area contributed by atoms with Crippen LogP contribution < -0.4 is 24.8 Å². The number of allylic oxidation sites excluding steroid dienone is 8. The minimum absolute atomic E-state index is 0. The van der Waals surface area contributed by atoms with Crippen molar-refractivity contribution < 1.29 is 49.0 Å². The Labute approximate surface area is 277 Å². The van der Waals surface area contributed by atoms with Crippen LogP contribution in [-0.2, 0) is 41.5 Å². The molecule has 3 heteroatoms. The van der Waals surface area contributed by atoms with Crippen molar-refractivity contribution in [1.29, 1.82) is 0 Å². The summed E-state index contributed by atoms with van der Waals surface area (Å²) in [6.07, 6.45) is 26.6. The van der Waals surface area contributed by atoms with Crippen molar-refractivity contribution in [2.24, 2.45) is 0 Å². The van der Waals surface area contributed by atoms with Gasteiger partial charge in [-0.25, -0.2) is 24.6 Å². The monoisotopic (exact) mass is 660 g/mol. The number of benzene rings is 2. The van der Waals surface area contributed by atoms with Crippen molar-refractivity contribution in [1.82, 2.24) is 0 Å². The van der Waals surface area contributed by atoms with E-state index in [2.05, 4.69) is 96.5 Å². The van der Waals surface area contributed by atoms with E-state index in [-0.39, 0.29) is 35.6 Å². The third kappa shape index (κ3) is 7.40. The molecule has 2 aromatic rings. The van der Waals surface area contributed by atoms with Crippen LogP contribution in [0.3, 0.4) is 0 Å². The standard InChI is InChI=1S/C27H29.C6H10.C5H5.2ClH.Zr/c1-16-7-9-26(3,4)24-12-18-11-19-13-25-21(17(2)8-10-27(25,5)6)15-23(19)22(18)14-20(16)24;1-2-4-6-5-3-1;1-2-4-5-3-1;;;/h7-9,12-15H,10-11H2,1-6H3;1-5H2;1-3H,4H2;2*1H;/q-1;;-1;;;+2/p-2. The fourth-order valence-corrected chi connectivity index (χ4v) is 7.36. The molecule has 0 nitrogen and oxygen atoms in total. The maximum atomic E-state index is 2.99. The van der Waals surface area contributed by atoms with Gasteiger partial charge >= 0.3 is 59.5 Å². The van der Waals surface area contributed by atoms with Gasteiger partial charge in [-0.2, -0.15) is 11.6 Å². The van der Waals surface area contributed by atoms with Crippen LogP contribution in [0.15, 0.2) is 54.6 Å². The van der Waals surface area contributed by atoms with Crippen LogP contribution in [0.2, 0.25) is 0 Å². The molecule has 2 aromatic carbocycles. The SMILES string of the molecule is CC1=C[CH-]C(C)(C)c2cc3c(cc21)-c1cc2c(cc1C3)C(C)(C)CC=C2C.[C-]1=CC=CC1.[Cl-].[Cl-].[Zr+2]=[C]1CCCCC1. The van der Waals surface area contributed by atoms with Gasteiger partial charge in [0.05, 0.1) is 0 Å². The summed E-state index contributed by atoms with van der Waals surface area (Å²) in [7, 11) is 0. The Kier molecular flexibility index (Phi) is 11.6. The van der Waals surface area contributed by atoms with E-state index in [1.807, 2.05) is 12.2 Å². The molecular weight excluding hydrogens is 619 g/mol. The van der Waals surface area contributed by atoms with Gasteiger partial charge in [-0.1, -0.05) is 62.9 Å². The van der Waals surface area contributed by atoms with Crippen molar-refractivity contribution in [2.45, 2.75) is 104 Å². The second-order valence-electron chi connectivity index (χ2n) is 13.2. The molecule has 5 aliphatic carbocycles. The van der Waals surface area contributed by atoms with Crippen LogP contribution >= 0.6 is 0 Å². The van der Waals surface area contributed by atoms with Gasteiger partial charge in [0.25, 0.3) is 0 Å². The summed E-state index contributed by atoms with van der Waals surface area (Å²) in [4.78, 5) is 0. The molecule has 0 bridgehead atoms. The van der Waals surface area contributed by atoms with Gasteiger partial charge in [0.15, 0.2) is 0 Å². The molecule has 0 spiro atoms. The van der Waals surface area contributed by atoms with Crippen LogP contribution in [-0.4, -0.2) is 3.21 Å². The summed E-state index contributed by atoms with van der Waals surface area (Å²) in [5.74, 6) is 0. The average Bonchev–Trinajstić information content (AvgIpc) is 3.60. The predicted molar refractivity (Wildman–Crippen MR) is 167 cm³/mol. The number of hydrogen-bond acceptors (Lipinski definition) is 0. The van der Waals surface area contributed by atoms with E-state index >= 15 is 0 Å². The van der Waals surface area contributed by atoms with Crippen molar-refractivity contribution in [3.8, 4) is 11.1 Å². The Morgan fingerprint density at radius 2 is 1.39 bits per heavy atom. The molecule has 0 amide bonds. The molecule has 1 fully saturated rings. The molecule has 7 rings (SSSR count). The summed E-state index contributed by atoms with van der Waals surface area (Å²) in [6, 6.07) is 9.95. The summed E-state index contributed by atoms with van der Waals surface area (Å²) in [5.41, 5.74) is 15.0. The number of halogens is 2. The molecule has 0 saturated heterocycles. The first kappa shape index (κ1) is 34.1. The van der Waals surface area contributed by atoms with Crippen molar-refractivity contribution >= 4 is 14.4 Å². The van der Waals surface area contributed by atoms with Gasteiger partial charge in [0, 0.05) is 0 Å². The normalized spacial score (nSPS) is 19.6. The topological polar surface area (TPSA) is 0 Å². The molecule has 0 heterocycles. The third-order valence-electron chi connectivity index (χ3n) is 9.14. The van der Waals surface area contributed by atoms with E-state index in [0.29, 0.717) is 0 Å². The fourth-order valence-electron chi connectivity index (χ4n) is 6.49. The fraction of sp³-hybridized carbons (Fsp3) is 0.421. The second kappa shape index (κ2) is 13.9. The Hall–Kier alpha value is -1.40. The molecule has 0 aliphatic heterocycles. The predicted octanol–water partition coefficient (Wildman–Crippen LogP) is 4.22. The Morgan fingerprint density at radius 1 is 0.780 bits per heavy atom. The van der Waals surface area contributed by atoms with Crippen molar-refractivity contribution in [3.63, 3.8) is 0 Å². The minimum atomic E-state index is 0. The zero-order valence-electron chi connectivity index (χ0n) is 25.7. The molecular formula is C38H44Cl2Zr-2. The van der Waals surface area contributed by atoms with Gasteiger partial charge in [0.2, 0.25) is 0 Å². The van der Waals surface area contributed by atoms with E-state index in [0.717, 1.165) is 19.3 Å². The van der Waals surface area contributed by atoms with Crippen molar-refractivity contribution in [3.05, 3.63) is 101 Å². The Morgan fingerprint density at radius 3 is 1.90 bits per heavy atom. The first-order valence-corrected chi connectivity index (χ1v) is 16.1. The number of hydrogen-bond donors (Lipinski definition) is 0. The van der Waals surface area contributed by atoms with Crippen LogP contribution in [0.4, 0.5) is 0 Å². The van der Waals surface area contributed by atoms with Gasteiger partial charge in [-0.05, 0) is 70.2 Å². The molecule has 5 aliphatic rings.